The van der Waals surface area contributed by atoms with Gasteiger partial charge in [0.1, 0.15) is 17.5 Å². The zero-order valence-electron chi connectivity index (χ0n) is 17.9. The molecule has 3 N–H and O–H groups in total. The molecule has 0 aromatic carbocycles. The molecule has 0 saturated carbocycles. The van der Waals surface area contributed by atoms with Gasteiger partial charge in [0.15, 0.2) is 5.60 Å². The molecule has 0 bridgehead atoms. The van der Waals surface area contributed by atoms with Crippen LogP contribution in [0.2, 0.25) is 0 Å². The number of halogens is 3. The summed E-state index contributed by atoms with van der Waals surface area (Å²) in [7, 11) is 1.38. The summed E-state index contributed by atoms with van der Waals surface area (Å²) in [6.45, 7) is 3.97. The first-order valence-corrected chi connectivity index (χ1v) is 9.71. The van der Waals surface area contributed by atoms with Gasteiger partial charge >= 0.3 is 6.18 Å². The summed E-state index contributed by atoms with van der Waals surface area (Å²) < 4.78 is 52.8. The van der Waals surface area contributed by atoms with Gasteiger partial charge < -0.3 is 20.5 Å². The van der Waals surface area contributed by atoms with Gasteiger partial charge in [0.2, 0.25) is 0 Å². The Labute approximate surface area is 182 Å². The average Bonchev–Trinajstić information content (AvgIpc) is 3.00. The first-order chi connectivity index (χ1) is 14.9. The van der Waals surface area contributed by atoms with Gasteiger partial charge in [-0.2, -0.15) is 13.2 Å². The molecule has 32 heavy (non-hydrogen) atoms. The Morgan fingerprint density at radius 3 is 2.50 bits per heavy atom. The highest BCUT2D eigenvalue weighted by molar-refractivity contribution is 5.97. The first kappa shape index (κ1) is 23.5. The molecular formula is C21H23F3N4O4. The topological polar surface area (TPSA) is 116 Å². The number of hydrogen-bond acceptors (Lipinski definition) is 6. The fourth-order valence-corrected chi connectivity index (χ4v) is 3.98. The number of pyridine rings is 2. The van der Waals surface area contributed by atoms with E-state index in [1.54, 1.807) is 6.92 Å². The molecule has 172 valence electrons. The van der Waals surface area contributed by atoms with Crippen molar-refractivity contribution < 1.29 is 32.2 Å². The quantitative estimate of drug-likeness (QED) is 0.721. The monoisotopic (exact) mass is 452 g/mol. The van der Waals surface area contributed by atoms with Gasteiger partial charge in [-0.1, -0.05) is 6.92 Å². The van der Waals surface area contributed by atoms with E-state index < -0.39 is 41.5 Å². The minimum atomic E-state index is -4.73. The molecule has 8 nitrogen and oxygen atoms in total. The normalized spacial score (nSPS) is 25.4. The van der Waals surface area contributed by atoms with Crippen LogP contribution in [0.25, 0.3) is 0 Å². The molecule has 1 aliphatic heterocycles. The SMILES string of the molecule is COc1c([C@H]2[C@@H](C(=O)Nc3ccnc(C(N)=O)c3)O[C@@](C)(C(F)(F)F)[C@H]2C)ccnc1C. The number of nitrogens with one attached hydrogen (secondary N) is 1. The second kappa shape index (κ2) is 8.38. The van der Waals surface area contributed by atoms with E-state index in [1.165, 1.54) is 44.6 Å². The third-order valence-corrected chi connectivity index (χ3v) is 5.88. The average molecular weight is 452 g/mol. The Hall–Kier alpha value is -3.21. The van der Waals surface area contributed by atoms with Crippen molar-refractivity contribution in [3.05, 3.63) is 47.5 Å². The van der Waals surface area contributed by atoms with Crippen molar-refractivity contribution in [1.29, 1.82) is 0 Å². The van der Waals surface area contributed by atoms with Crippen molar-refractivity contribution in [1.82, 2.24) is 9.97 Å². The lowest BCUT2D eigenvalue weighted by atomic mass is 9.77. The minimum absolute atomic E-state index is 0.105. The number of anilines is 1. The van der Waals surface area contributed by atoms with E-state index in [-0.39, 0.29) is 17.1 Å². The second-order valence-electron chi connectivity index (χ2n) is 7.76. The van der Waals surface area contributed by atoms with Gasteiger partial charge in [0.25, 0.3) is 11.8 Å². The van der Waals surface area contributed by atoms with Crippen molar-refractivity contribution in [3.8, 4) is 5.75 Å². The van der Waals surface area contributed by atoms with Crippen LogP contribution in [0.5, 0.6) is 5.75 Å². The number of alkyl halides is 3. The third kappa shape index (κ3) is 3.99. The van der Waals surface area contributed by atoms with E-state index in [0.717, 1.165) is 6.92 Å². The second-order valence-corrected chi connectivity index (χ2v) is 7.76. The molecule has 1 aliphatic rings. The molecule has 0 spiro atoms. The van der Waals surface area contributed by atoms with Crippen molar-refractivity contribution in [2.45, 2.75) is 44.6 Å². The summed E-state index contributed by atoms with van der Waals surface area (Å²) in [6.07, 6.45) is -3.54. The van der Waals surface area contributed by atoms with Gasteiger partial charge in [-0.25, -0.2) is 0 Å². The van der Waals surface area contributed by atoms with Crippen LogP contribution < -0.4 is 15.8 Å². The molecule has 3 heterocycles. The maximum atomic E-state index is 14.0. The van der Waals surface area contributed by atoms with E-state index >= 15 is 0 Å². The summed E-state index contributed by atoms with van der Waals surface area (Å²) in [6, 6.07) is 4.14. The number of rotatable bonds is 5. The highest BCUT2D eigenvalue weighted by atomic mass is 19.4. The molecule has 11 heteroatoms. The Morgan fingerprint density at radius 2 is 1.91 bits per heavy atom. The Kier molecular flexibility index (Phi) is 6.14. The number of aryl methyl sites for hydroxylation is 1. The smallest absolute Gasteiger partial charge is 0.417 e. The van der Waals surface area contributed by atoms with Crippen LogP contribution in [0.4, 0.5) is 18.9 Å². The lowest BCUT2D eigenvalue weighted by molar-refractivity contribution is -0.272. The number of ether oxygens (including phenoxy) is 2. The predicted molar refractivity (Wildman–Crippen MR) is 108 cm³/mol. The number of nitrogens with two attached hydrogens (primary N) is 1. The number of primary amides is 1. The van der Waals surface area contributed by atoms with E-state index in [1.807, 2.05) is 0 Å². The molecule has 2 amide bonds. The van der Waals surface area contributed by atoms with Gasteiger partial charge in [-0.15, -0.1) is 0 Å². The molecule has 0 radical (unpaired) electrons. The third-order valence-electron chi connectivity index (χ3n) is 5.88. The number of carbonyl (C=O) groups excluding carboxylic acids is 2. The van der Waals surface area contributed by atoms with Crippen LogP contribution in [-0.4, -0.2) is 46.8 Å². The standard InChI is InChI=1S/C21H23F3N4O4/c1-10-15(13-6-8-26-11(2)16(13)31-4)17(32-20(10,3)21(22,23)24)19(30)28-12-5-7-27-14(9-12)18(25)29/h5-10,15,17H,1-4H3,(H2,25,29)(H,27,28,30)/t10-,15-,17-,20+/m0/s1. The number of aromatic nitrogens is 2. The van der Waals surface area contributed by atoms with Crippen molar-refractivity contribution in [3.63, 3.8) is 0 Å². The predicted octanol–water partition coefficient (Wildman–Crippen LogP) is 2.97. The molecular weight excluding hydrogens is 429 g/mol. The molecule has 2 aromatic heterocycles. The number of carbonyl (C=O) groups is 2. The zero-order chi connectivity index (χ0) is 23.8. The van der Waals surface area contributed by atoms with Crippen molar-refractivity contribution in [2.24, 2.45) is 11.7 Å². The van der Waals surface area contributed by atoms with E-state index in [2.05, 4.69) is 15.3 Å². The van der Waals surface area contributed by atoms with Crippen molar-refractivity contribution >= 4 is 17.5 Å². The summed E-state index contributed by atoms with van der Waals surface area (Å²) in [4.78, 5) is 32.4. The van der Waals surface area contributed by atoms with E-state index in [0.29, 0.717) is 11.3 Å². The van der Waals surface area contributed by atoms with Crippen LogP contribution in [0.3, 0.4) is 0 Å². The Balaban J connectivity index is 2.05. The number of nitrogens with zero attached hydrogens (tertiary/aromatic N) is 2. The molecule has 3 rings (SSSR count). The summed E-state index contributed by atoms with van der Waals surface area (Å²) in [5.41, 5.74) is 3.51. The van der Waals surface area contributed by atoms with Crippen LogP contribution in [-0.2, 0) is 9.53 Å². The van der Waals surface area contributed by atoms with Gasteiger partial charge in [0.05, 0.1) is 12.8 Å². The summed E-state index contributed by atoms with van der Waals surface area (Å²) in [5, 5.41) is 2.51. The van der Waals surface area contributed by atoms with Crippen LogP contribution in [0.1, 0.15) is 41.5 Å². The fourth-order valence-electron chi connectivity index (χ4n) is 3.98. The van der Waals surface area contributed by atoms with E-state index in [9.17, 15) is 22.8 Å². The summed E-state index contributed by atoms with van der Waals surface area (Å²) in [5.74, 6) is -3.46. The molecule has 0 aliphatic carbocycles. The molecule has 1 fully saturated rings. The maximum Gasteiger partial charge on any atom is 0.417 e. The molecule has 1 saturated heterocycles. The van der Waals surface area contributed by atoms with Gasteiger partial charge in [-0.05, 0) is 32.0 Å². The zero-order valence-corrected chi connectivity index (χ0v) is 17.9. The first-order valence-electron chi connectivity index (χ1n) is 9.71. The van der Waals surface area contributed by atoms with Gasteiger partial charge in [0, 0.05) is 35.5 Å². The van der Waals surface area contributed by atoms with Crippen LogP contribution in [0.15, 0.2) is 30.6 Å². The van der Waals surface area contributed by atoms with E-state index in [4.69, 9.17) is 15.2 Å². The lowest BCUT2D eigenvalue weighted by Gasteiger charge is -2.32. The molecule has 4 atom stereocenters. The number of amides is 2. The fraction of sp³-hybridized carbons (Fsp3) is 0.429. The maximum absolute atomic E-state index is 14.0. The number of methoxy groups -OCH3 is 1. The molecule has 2 aromatic rings. The summed E-state index contributed by atoms with van der Waals surface area (Å²) >= 11 is 0. The Bertz CT molecular complexity index is 1050. The van der Waals surface area contributed by atoms with Crippen molar-refractivity contribution in [2.75, 3.05) is 12.4 Å². The highest BCUT2D eigenvalue weighted by Gasteiger charge is 2.65. The van der Waals surface area contributed by atoms with Crippen LogP contribution >= 0.6 is 0 Å². The van der Waals surface area contributed by atoms with Crippen LogP contribution in [0, 0.1) is 12.8 Å². The number of hydrogen-bond donors (Lipinski definition) is 2. The van der Waals surface area contributed by atoms with Gasteiger partial charge in [-0.3, -0.25) is 19.6 Å². The largest absolute Gasteiger partial charge is 0.495 e. The Morgan fingerprint density at radius 1 is 1.25 bits per heavy atom. The molecule has 0 unspecified atom stereocenters. The minimum Gasteiger partial charge on any atom is -0.495 e. The highest BCUT2D eigenvalue weighted by Crippen LogP contribution is 2.54. The lowest BCUT2D eigenvalue weighted by Crippen LogP contribution is -2.47.